The van der Waals surface area contributed by atoms with Gasteiger partial charge in [0.05, 0.1) is 36.9 Å². The topological polar surface area (TPSA) is 132 Å². The number of methoxy groups -OCH3 is 1. The molecule has 0 aromatic heterocycles. The lowest BCUT2D eigenvalue weighted by Crippen LogP contribution is -2.34. The molecule has 0 aliphatic heterocycles. The minimum absolute atomic E-state index is 0.0236. The summed E-state index contributed by atoms with van der Waals surface area (Å²) >= 11 is 5.76. The lowest BCUT2D eigenvalue weighted by atomic mass is 10.2. The molecule has 0 aliphatic carbocycles. The lowest BCUT2D eigenvalue weighted by Gasteiger charge is -2.10. The summed E-state index contributed by atoms with van der Waals surface area (Å²) < 4.78 is 43.1. The molecule has 0 heterocycles. The van der Waals surface area contributed by atoms with Gasteiger partial charge in [0.25, 0.3) is 5.91 Å². The quantitative estimate of drug-likeness (QED) is 0.103. The molecule has 0 fully saturated rings. The highest BCUT2D eigenvalue weighted by Crippen LogP contribution is 2.28. The largest absolute Gasteiger partial charge is 0.494 e. The van der Waals surface area contributed by atoms with E-state index in [0.29, 0.717) is 28.5 Å². The standard InChI is InChI=1S/C27H28ClN3O7S/c1-3-4-15-37-22-10-6-20(7-11-22)27(33)38-24-14-5-19(16-25(24)36-2)17-29-31-26(32)18-30-39(34,35)23-12-8-21(28)9-13-23/h5-14,16-17,30H,3-4,15,18H2,1-2H3,(H,31,32). The second-order valence-electron chi connectivity index (χ2n) is 8.10. The molecule has 3 aromatic carbocycles. The van der Waals surface area contributed by atoms with Gasteiger partial charge in [0.1, 0.15) is 5.75 Å². The molecule has 1 amide bonds. The van der Waals surface area contributed by atoms with Crippen molar-refractivity contribution < 1.29 is 32.2 Å². The van der Waals surface area contributed by atoms with Crippen molar-refractivity contribution in [3.63, 3.8) is 0 Å². The Balaban J connectivity index is 1.53. The van der Waals surface area contributed by atoms with E-state index in [4.69, 9.17) is 25.8 Å². The number of esters is 1. The Bertz CT molecular complexity index is 1410. The van der Waals surface area contributed by atoms with Crippen molar-refractivity contribution >= 4 is 39.7 Å². The van der Waals surface area contributed by atoms with Gasteiger partial charge in [0, 0.05) is 5.02 Å². The van der Waals surface area contributed by atoms with Crippen molar-refractivity contribution in [2.24, 2.45) is 5.10 Å². The molecule has 0 unspecified atom stereocenters. The molecule has 0 bridgehead atoms. The van der Waals surface area contributed by atoms with E-state index in [2.05, 4.69) is 22.2 Å². The number of hydrazone groups is 1. The number of halogens is 1. The molecule has 39 heavy (non-hydrogen) atoms. The highest BCUT2D eigenvalue weighted by molar-refractivity contribution is 7.89. The molecule has 0 saturated carbocycles. The maximum absolute atomic E-state index is 12.6. The van der Waals surface area contributed by atoms with Crippen molar-refractivity contribution in [2.45, 2.75) is 24.7 Å². The van der Waals surface area contributed by atoms with Crippen LogP contribution in [0.1, 0.15) is 35.7 Å². The molecular weight excluding hydrogens is 546 g/mol. The number of nitrogens with one attached hydrogen (secondary N) is 2. The Morgan fingerprint density at radius 1 is 1.00 bits per heavy atom. The van der Waals surface area contributed by atoms with Crippen LogP contribution in [0.15, 0.2) is 76.7 Å². The molecule has 0 saturated heterocycles. The van der Waals surface area contributed by atoms with Gasteiger partial charge in [-0.3, -0.25) is 4.79 Å². The van der Waals surface area contributed by atoms with Crippen LogP contribution in [0.25, 0.3) is 0 Å². The number of benzene rings is 3. The summed E-state index contributed by atoms with van der Waals surface area (Å²) in [6.45, 7) is 2.17. The number of amides is 1. The van der Waals surface area contributed by atoms with E-state index in [-0.39, 0.29) is 16.4 Å². The smallest absolute Gasteiger partial charge is 0.343 e. The van der Waals surface area contributed by atoms with Gasteiger partial charge in [0.2, 0.25) is 10.0 Å². The van der Waals surface area contributed by atoms with Crippen LogP contribution in [-0.2, 0) is 14.8 Å². The van der Waals surface area contributed by atoms with Crippen LogP contribution in [-0.4, -0.2) is 46.8 Å². The average Bonchev–Trinajstić information content (AvgIpc) is 2.93. The van der Waals surface area contributed by atoms with E-state index in [1.165, 1.54) is 43.7 Å². The molecule has 0 atom stereocenters. The Morgan fingerprint density at radius 2 is 1.72 bits per heavy atom. The number of carbonyl (C=O) groups excluding carboxylic acids is 2. The Hall–Kier alpha value is -3.93. The highest BCUT2D eigenvalue weighted by Gasteiger charge is 2.16. The Morgan fingerprint density at radius 3 is 2.38 bits per heavy atom. The fraction of sp³-hybridized carbons (Fsp3) is 0.222. The molecule has 2 N–H and O–H groups in total. The molecule has 0 aliphatic rings. The van der Waals surface area contributed by atoms with Crippen LogP contribution < -0.4 is 24.4 Å². The number of sulfonamides is 1. The summed E-state index contributed by atoms with van der Waals surface area (Å²) in [7, 11) is -2.46. The lowest BCUT2D eigenvalue weighted by molar-refractivity contribution is -0.119. The molecule has 206 valence electrons. The highest BCUT2D eigenvalue weighted by atomic mass is 35.5. The first kappa shape index (κ1) is 29.6. The second kappa shape index (κ2) is 14.3. The normalized spacial score (nSPS) is 11.3. The fourth-order valence-corrected chi connectivity index (χ4v) is 4.21. The zero-order chi connectivity index (χ0) is 28.3. The van der Waals surface area contributed by atoms with Gasteiger partial charge in [0.15, 0.2) is 11.5 Å². The minimum atomic E-state index is -3.89. The summed E-state index contributed by atoms with van der Waals surface area (Å²) in [5.74, 6) is -0.101. The third-order valence-electron chi connectivity index (χ3n) is 5.20. The van der Waals surface area contributed by atoms with Crippen molar-refractivity contribution in [1.29, 1.82) is 0 Å². The second-order valence-corrected chi connectivity index (χ2v) is 10.3. The van der Waals surface area contributed by atoms with E-state index >= 15 is 0 Å². The maximum Gasteiger partial charge on any atom is 0.343 e. The van der Waals surface area contributed by atoms with Crippen molar-refractivity contribution in [3.05, 3.63) is 82.9 Å². The van der Waals surface area contributed by atoms with Crippen LogP contribution in [0.4, 0.5) is 0 Å². The first-order valence-corrected chi connectivity index (χ1v) is 13.8. The molecule has 0 spiro atoms. The molecule has 12 heteroatoms. The SMILES string of the molecule is CCCCOc1ccc(C(=O)Oc2ccc(C=NNC(=O)CNS(=O)(=O)c3ccc(Cl)cc3)cc2OC)cc1. The van der Waals surface area contributed by atoms with Gasteiger partial charge in [-0.15, -0.1) is 0 Å². The molecular formula is C27H28ClN3O7S. The van der Waals surface area contributed by atoms with Crippen molar-refractivity contribution in [1.82, 2.24) is 10.1 Å². The van der Waals surface area contributed by atoms with Crippen LogP contribution in [0.3, 0.4) is 0 Å². The maximum atomic E-state index is 12.6. The van der Waals surface area contributed by atoms with Crippen LogP contribution >= 0.6 is 11.6 Å². The first-order valence-electron chi connectivity index (χ1n) is 11.9. The fourth-order valence-electron chi connectivity index (χ4n) is 3.11. The number of unbranched alkanes of at least 4 members (excludes halogenated alkanes) is 1. The summed E-state index contributed by atoms with van der Waals surface area (Å²) in [5, 5.41) is 4.21. The zero-order valence-corrected chi connectivity index (χ0v) is 22.9. The monoisotopic (exact) mass is 573 g/mol. The van der Waals surface area contributed by atoms with Gasteiger partial charge < -0.3 is 14.2 Å². The van der Waals surface area contributed by atoms with Crippen LogP contribution in [0, 0.1) is 0 Å². The van der Waals surface area contributed by atoms with E-state index in [9.17, 15) is 18.0 Å². The molecule has 3 aromatic rings. The summed E-state index contributed by atoms with van der Waals surface area (Å²) in [4.78, 5) is 24.6. The number of carbonyl (C=O) groups is 2. The number of nitrogens with zero attached hydrogens (tertiary/aromatic N) is 1. The first-order chi connectivity index (χ1) is 18.7. The van der Waals surface area contributed by atoms with Crippen molar-refractivity contribution in [3.8, 4) is 17.2 Å². The van der Waals surface area contributed by atoms with E-state index in [0.717, 1.165) is 12.8 Å². The van der Waals surface area contributed by atoms with Gasteiger partial charge >= 0.3 is 5.97 Å². The van der Waals surface area contributed by atoms with Crippen molar-refractivity contribution in [2.75, 3.05) is 20.3 Å². The van der Waals surface area contributed by atoms with Gasteiger partial charge in [-0.25, -0.2) is 23.4 Å². The van der Waals surface area contributed by atoms with E-state index in [1.54, 1.807) is 36.4 Å². The number of hydrogen-bond donors (Lipinski definition) is 2. The van der Waals surface area contributed by atoms with Gasteiger partial charge in [-0.2, -0.15) is 5.10 Å². The van der Waals surface area contributed by atoms with Crippen LogP contribution in [0.2, 0.25) is 5.02 Å². The van der Waals surface area contributed by atoms with Gasteiger partial charge in [-0.1, -0.05) is 24.9 Å². The van der Waals surface area contributed by atoms with Crippen LogP contribution in [0.5, 0.6) is 17.2 Å². The molecule has 0 radical (unpaired) electrons. The zero-order valence-electron chi connectivity index (χ0n) is 21.3. The number of rotatable bonds is 13. The Kier molecular flexibility index (Phi) is 10.9. The average molecular weight is 574 g/mol. The summed E-state index contributed by atoms with van der Waals surface area (Å²) in [6, 6.07) is 16.9. The summed E-state index contributed by atoms with van der Waals surface area (Å²) in [5.41, 5.74) is 3.11. The molecule has 10 nitrogen and oxygen atoms in total. The van der Waals surface area contributed by atoms with Gasteiger partial charge in [-0.05, 0) is 78.7 Å². The number of ether oxygens (including phenoxy) is 3. The summed E-state index contributed by atoms with van der Waals surface area (Å²) in [6.07, 6.45) is 3.31. The predicted octanol–water partition coefficient (Wildman–Crippen LogP) is 4.18. The number of hydrogen-bond acceptors (Lipinski definition) is 8. The predicted molar refractivity (Wildman–Crippen MR) is 147 cm³/mol. The Labute approximate surface area is 232 Å². The third kappa shape index (κ3) is 9.10. The minimum Gasteiger partial charge on any atom is -0.494 e. The van der Waals surface area contributed by atoms with E-state index < -0.39 is 28.4 Å². The molecule has 3 rings (SSSR count). The third-order valence-corrected chi connectivity index (χ3v) is 6.87. The van der Waals surface area contributed by atoms with E-state index in [1.807, 2.05) is 0 Å².